The number of carbonyl (C=O) groups excluding carboxylic acids is 1. The van der Waals surface area contributed by atoms with E-state index in [9.17, 15) is 4.79 Å². The van der Waals surface area contributed by atoms with Gasteiger partial charge in [-0.15, -0.1) is 0 Å². The van der Waals surface area contributed by atoms with Gasteiger partial charge in [-0.05, 0) is 44.0 Å². The second-order valence-corrected chi connectivity index (χ2v) is 6.50. The predicted molar refractivity (Wildman–Crippen MR) is 107 cm³/mol. The van der Waals surface area contributed by atoms with Crippen molar-refractivity contribution in [3.63, 3.8) is 0 Å². The fourth-order valence-electron chi connectivity index (χ4n) is 2.81. The highest BCUT2D eigenvalue weighted by Gasteiger charge is 2.16. The Balaban J connectivity index is 1.74. The summed E-state index contributed by atoms with van der Waals surface area (Å²) in [6, 6.07) is 14.9. The minimum atomic E-state index is -0.212. The molecule has 0 aromatic heterocycles. The monoisotopic (exact) mass is 367 g/mol. The molecule has 142 valence electrons. The van der Waals surface area contributed by atoms with Crippen LogP contribution in [0.3, 0.4) is 0 Å². The molecule has 2 N–H and O–H groups in total. The summed E-state index contributed by atoms with van der Waals surface area (Å²) in [5.74, 6) is 0.907. The first-order valence-electron chi connectivity index (χ1n) is 9.09. The van der Waals surface area contributed by atoms with Crippen LogP contribution in [0.2, 0.25) is 0 Å². The van der Waals surface area contributed by atoms with Crippen molar-refractivity contribution in [2.45, 2.75) is 25.9 Å². The topological polar surface area (TPSA) is 71.9 Å². The van der Waals surface area contributed by atoms with Gasteiger partial charge in [-0.3, -0.25) is 10.1 Å². The molecule has 0 saturated carbocycles. The first kappa shape index (κ1) is 18.9. The average Bonchev–Trinajstić information content (AvgIpc) is 3.20. The standard InChI is InChI=1S/C21H25N3O3/c1-15-8-10-16(11-9-15)20(25)24-21(22-14-19-7-4-12-27-19)23-17-5-3-6-18(13-17)26-2/h3,5-6,8-11,13,19H,4,7,12,14H2,1-2H3,(H2,22,23,24,25)/t19-/m0/s1. The minimum absolute atomic E-state index is 0.100. The van der Waals surface area contributed by atoms with Crippen molar-refractivity contribution in [2.75, 3.05) is 25.6 Å². The van der Waals surface area contributed by atoms with Crippen molar-refractivity contribution in [1.82, 2.24) is 5.32 Å². The van der Waals surface area contributed by atoms with Crippen LogP contribution in [0.25, 0.3) is 0 Å². The molecule has 2 aromatic carbocycles. The number of guanidine groups is 1. The Morgan fingerprint density at radius 2 is 2.07 bits per heavy atom. The number of ether oxygens (including phenoxy) is 2. The van der Waals surface area contributed by atoms with Gasteiger partial charge < -0.3 is 14.8 Å². The van der Waals surface area contributed by atoms with Crippen molar-refractivity contribution in [3.05, 3.63) is 59.7 Å². The summed E-state index contributed by atoms with van der Waals surface area (Å²) in [6.07, 6.45) is 2.14. The van der Waals surface area contributed by atoms with Gasteiger partial charge in [-0.25, -0.2) is 4.99 Å². The number of carbonyl (C=O) groups is 1. The summed E-state index contributed by atoms with van der Waals surface area (Å²) in [7, 11) is 1.62. The van der Waals surface area contributed by atoms with Crippen molar-refractivity contribution in [2.24, 2.45) is 4.99 Å². The molecule has 1 aliphatic rings. The Hall–Kier alpha value is -2.86. The third-order valence-electron chi connectivity index (χ3n) is 4.36. The van der Waals surface area contributed by atoms with Crippen LogP contribution in [0.5, 0.6) is 5.75 Å². The molecule has 27 heavy (non-hydrogen) atoms. The van der Waals surface area contributed by atoms with E-state index < -0.39 is 0 Å². The minimum Gasteiger partial charge on any atom is -0.497 e. The van der Waals surface area contributed by atoms with Gasteiger partial charge in [0.2, 0.25) is 5.96 Å². The maximum atomic E-state index is 12.6. The van der Waals surface area contributed by atoms with Crippen molar-refractivity contribution in [3.8, 4) is 5.75 Å². The smallest absolute Gasteiger partial charge is 0.257 e. The van der Waals surface area contributed by atoms with E-state index in [0.29, 0.717) is 18.1 Å². The molecule has 6 nitrogen and oxygen atoms in total. The zero-order valence-electron chi connectivity index (χ0n) is 15.7. The molecule has 0 aliphatic carbocycles. The second-order valence-electron chi connectivity index (χ2n) is 6.50. The lowest BCUT2D eigenvalue weighted by atomic mass is 10.1. The average molecular weight is 367 g/mol. The zero-order chi connectivity index (χ0) is 19.1. The van der Waals surface area contributed by atoms with Crippen LogP contribution >= 0.6 is 0 Å². The Kier molecular flexibility index (Phi) is 6.44. The van der Waals surface area contributed by atoms with E-state index in [4.69, 9.17) is 9.47 Å². The number of methoxy groups -OCH3 is 1. The number of aliphatic imine (C=N–C) groups is 1. The van der Waals surface area contributed by atoms with E-state index >= 15 is 0 Å². The Labute approximate surface area is 159 Å². The largest absolute Gasteiger partial charge is 0.497 e. The first-order valence-corrected chi connectivity index (χ1v) is 9.09. The van der Waals surface area contributed by atoms with Gasteiger partial charge in [-0.1, -0.05) is 23.8 Å². The highest BCUT2D eigenvalue weighted by atomic mass is 16.5. The normalized spacial score (nSPS) is 16.8. The molecule has 1 heterocycles. The molecule has 0 bridgehead atoms. The lowest BCUT2D eigenvalue weighted by Gasteiger charge is -2.14. The van der Waals surface area contributed by atoms with E-state index in [0.717, 1.165) is 36.4 Å². The summed E-state index contributed by atoms with van der Waals surface area (Å²) in [4.78, 5) is 17.1. The van der Waals surface area contributed by atoms with Crippen LogP contribution < -0.4 is 15.4 Å². The van der Waals surface area contributed by atoms with E-state index in [1.54, 1.807) is 19.2 Å². The lowest BCUT2D eigenvalue weighted by Crippen LogP contribution is -2.36. The number of hydrogen-bond acceptors (Lipinski definition) is 4. The van der Waals surface area contributed by atoms with Crippen LogP contribution in [0.15, 0.2) is 53.5 Å². The molecular formula is C21H25N3O3. The van der Waals surface area contributed by atoms with Crippen LogP contribution in [0.1, 0.15) is 28.8 Å². The summed E-state index contributed by atoms with van der Waals surface area (Å²) in [5.41, 5.74) is 2.47. The molecule has 3 rings (SSSR count). The van der Waals surface area contributed by atoms with E-state index in [1.807, 2.05) is 43.3 Å². The number of rotatable bonds is 5. The van der Waals surface area contributed by atoms with Crippen LogP contribution in [-0.2, 0) is 4.74 Å². The molecule has 1 aliphatic heterocycles. The molecule has 2 aromatic rings. The van der Waals surface area contributed by atoms with Gasteiger partial charge in [0.15, 0.2) is 0 Å². The summed E-state index contributed by atoms with van der Waals surface area (Å²) in [5, 5.41) is 6.04. The highest BCUT2D eigenvalue weighted by Crippen LogP contribution is 2.17. The van der Waals surface area contributed by atoms with E-state index in [2.05, 4.69) is 15.6 Å². The number of amides is 1. The molecule has 0 spiro atoms. The van der Waals surface area contributed by atoms with Crippen LogP contribution in [0.4, 0.5) is 5.69 Å². The van der Waals surface area contributed by atoms with Crippen molar-refractivity contribution < 1.29 is 14.3 Å². The molecule has 1 atom stereocenters. The van der Waals surface area contributed by atoms with Crippen molar-refractivity contribution in [1.29, 1.82) is 0 Å². The maximum Gasteiger partial charge on any atom is 0.257 e. The van der Waals surface area contributed by atoms with Gasteiger partial charge in [-0.2, -0.15) is 0 Å². The Morgan fingerprint density at radius 1 is 1.26 bits per heavy atom. The van der Waals surface area contributed by atoms with Crippen molar-refractivity contribution >= 4 is 17.6 Å². The molecular weight excluding hydrogens is 342 g/mol. The fourth-order valence-corrected chi connectivity index (χ4v) is 2.81. The number of aryl methyl sites for hydroxylation is 1. The molecule has 0 radical (unpaired) electrons. The highest BCUT2D eigenvalue weighted by molar-refractivity contribution is 6.10. The summed E-state index contributed by atoms with van der Waals surface area (Å²) < 4.78 is 10.9. The summed E-state index contributed by atoms with van der Waals surface area (Å²) >= 11 is 0. The van der Waals surface area contributed by atoms with E-state index in [-0.39, 0.29) is 12.0 Å². The number of benzene rings is 2. The number of hydrogen-bond donors (Lipinski definition) is 2. The molecule has 1 saturated heterocycles. The second kappa shape index (κ2) is 9.19. The number of nitrogens with one attached hydrogen (secondary N) is 2. The zero-order valence-corrected chi connectivity index (χ0v) is 15.7. The third kappa shape index (κ3) is 5.56. The van der Waals surface area contributed by atoms with Crippen LogP contribution in [-0.4, -0.2) is 38.2 Å². The van der Waals surface area contributed by atoms with Crippen LogP contribution in [0, 0.1) is 6.92 Å². The number of nitrogens with zero attached hydrogens (tertiary/aromatic N) is 1. The third-order valence-corrected chi connectivity index (χ3v) is 4.36. The Bertz CT molecular complexity index is 797. The van der Waals surface area contributed by atoms with Gasteiger partial charge in [0.1, 0.15) is 5.75 Å². The van der Waals surface area contributed by atoms with Gasteiger partial charge in [0.05, 0.1) is 19.8 Å². The summed E-state index contributed by atoms with van der Waals surface area (Å²) in [6.45, 7) is 3.26. The Morgan fingerprint density at radius 3 is 2.78 bits per heavy atom. The fraction of sp³-hybridized carbons (Fsp3) is 0.333. The molecule has 1 amide bonds. The molecule has 1 fully saturated rings. The SMILES string of the molecule is COc1cccc(NC(=NC[C@@H]2CCCO2)NC(=O)c2ccc(C)cc2)c1. The number of anilines is 1. The van der Waals surface area contributed by atoms with Gasteiger partial charge in [0, 0.05) is 23.9 Å². The van der Waals surface area contributed by atoms with Gasteiger partial charge in [0.25, 0.3) is 5.91 Å². The quantitative estimate of drug-likeness (QED) is 0.628. The molecule has 6 heteroatoms. The van der Waals surface area contributed by atoms with E-state index in [1.165, 1.54) is 0 Å². The molecule has 0 unspecified atom stereocenters. The van der Waals surface area contributed by atoms with Gasteiger partial charge >= 0.3 is 0 Å². The first-order chi connectivity index (χ1) is 13.1. The maximum absolute atomic E-state index is 12.6. The lowest BCUT2D eigenvalue weighted by molar-refractivity contribution is 0.0975. The predicted octanol–water partition coefficient (Wildman–Crippen LogP) is 3.38.